The smallest absolute Gasteiger partial charge is 0.338 e. The van der Waals surface area contributed by atoms with E-state index in [-0.39, 0.29) is 16.7 Å². The van der Waals surface area contributed by atoms with Gasteiger partial charge in [-0.25, -0.2) is 4.79 Å². The molecular weight excluding hydrogens is 400 g/mol. The highest BCUT2D eigenvalue weighted by molar-refractivity contribution is 6.32. The molecule has 0 aliphatic rings. The van der Waals surface area contributed by atoms with Crippen molar-refractivity contribution >= 4 is 23.4 Å². The molecule has 0 N–H and O–H groups in total. The van der Waals surface area contributed by atoms with E-state index in [1.807, 2.05) is 13.8 Å². The van der Waals surface area contributed by atoms with Crippen LogP contribution in [0.2, 0.25) is 5.02 Å². The lowest BCUT2D eigenvalue weighted by Gasteiger charge is -2.16. The molecule has 0 aliphatic carbocycles. The van der Waals surface area contributed by atoms with Crippen molar-refractivity contribution in [2.75, 3.05) is 27.9 Å². The van der Waals surface area contributed by atoms with Crippen LogP contribution in [0, 0.1) is 0 Å². The predicted molar refractivity (Wildman–Crippen MR) is 108 cm³/mol. The Morgan fingerprint density at radius 2 is 1.52 bits per heavy atom. The molecule has 0 fully saturated rings. The Morgan fingerprint density at radius 3 is 2.10 bits per heavy atom. The Labute approximate surface area is 174 Å². The predicted octanol–water partition coefficient (Wildman–Crippen LogP) is 4.19. The lowest BCUT2D eigenvalue weighted by atomic mass is 10.1. The van der Waals surface area contributed by atoms with E-state index in [0.717, 1.165) is 0 Å². The number of carbonyl (C=O) groups is 2. The van der Waals surface area contributed by atoms with Gasteiger partial charge in [0.15, 0.2) is 35.4 Å². The third kappa shape index (κ3) is 5.54. The Kier molecular flexibility index (Phi) is 7.73. The molecule has 0 saturated carbocycles. The Bertz CT molecular complexity index is 893. The third-order valence-electron chi connectivity index (χ3n) is 3.86. The summed E-state index contributed by atoms with van der Waals surface area (Å²) >= 11 is 6.22. The van der Waals surface area contributed by atoms with Crippen molar-refractivity contribution < 1.29 is 33.3 Å². The highest BCUT2D eigenvalue weighted by atomic mass is 35.5. The molecule has 8 heteroatoms. The summed E-state index contributed by atoms with van der Waals surface area (Å²) in [6.07, 6.45) is -0.127. The van der Waals surface area contributed by atoms with Crippen molar-refractivity contribution in [1.29, 1.82) is 0 Å². The first-order valence-corrected chi connectivity index (χ1v) is 9.15. The maximum atomic E-state index is 12.4. The zero-order valence-corrected chi connectivity index (χ0v) is 17.7. The molecule has 156 valence electrons. The first-order chi connectivity index (χ1) is 13.8. The van der Waals surface area contributed by atoms with Crippen LogP contribution in [0.3, 0.4) is 0 Å². The number of halogens is 1. The summed E-state index contributed by atoms with van der Waals surface area (Å²) in [6, 6.07) is 7.55. The number of carbonyl (C=O) groups excluding carboxylic acids is 2. The van der Waals surface area contributed by atoms with E-state index >= 15 is 0 Å². The minimum absolute atomic E-state index is 0.127. The van der Waals surface area contributed by atoms with Gasteiger partial charge in [0.1, 0.15) is 0 Å². The minimum atomic E-state index is -0.713. The van der Waals surface area contributed by atoms with Gasteiger partial charge in [0.05, 0.1) is 38.0 Å². The van der Waals surface area contributed by atoms with Crippen LogP contribution in [0.15, 0.2) is 30.3 Å². The van der Waals surface area contributed by atoms with Gasteiger partial charge in [0.2, 0.25) is 0 Å². The van der Waals surface area contributed by atoms with E-state index in [1.54, 1.807) is 12.1 Å². The monoisotopic (exact) mass is 422 g/mol. The summed E-state index contributed by atoms with van der Waals surface area (Å²) < 4.78 is 26.3. The average molecular weight is 423 g/mol. The SMILES string of the molecule is COc1ccc(C(=O)COC(=O)c2cc(Cl)c(OC(C)C)c(OC)c2)cc1OC. The van der Waals surface area contributed by atoms with Gasteiger partial charge in [-0.3, -0.25) is 4.79 Å². The maximum Gasteiger partial charge on any atom is 0.338 e. The first-order valence-electron chi connectivity index (χ1n) is 8.77. The Balaban J connectivity index is 2.12. The number of ketones is 1. The van der Waals surface area contributed by atoms with Gasteiger partial charge in [0, 0.05) is 5.56 Å². The van der Waals surface area contributed by atoms with E-state index in [1.165, 1.54) is 39.5 Å². The van der Waals surface area contributed by atoms with Gasteiger partial charge >= 0.3 is 5.97 Å². The number of hydrogen-bond donors (Lipinski definition) is 0. The summed E-state index contributed by atoms with van der Waals surface area (Å²) in [7, 11) is 4.41. The first kappa shape index (κ1) is 22.4. The molecule has 29 heavy (non-hydrogen) atoms. The van der Waals surface area contributed by atoms with E-state index in [0.29, 0.717) is 28.6 Å². The molecule has 0 saturated heterocycles. The van der Waals surface area contributed by atoms with Crippen molar-refractivity contribution in [3.8, 4) is 23.0 Å². The van der Waals surface area contributed by atoms with Crippen LogP contribution in [0.5, 0.6) is 23.0 Å². The second-order valence-electron chi connectivity index (χ2n) is 6.23. The molecule has 2 rings (SSSR count). The quantitative estimate of drug-likeness (QED) is 0.442. The Hall–Kier alpha value is -2.93. The summed E-state index contributed by atoms with van der Waals surface area (Å²) in [4.78, 5) is 24.8. The Morgan fingerprint density at radius 1 is 0.897 bits per heavy atom. The number of methoxy groups -OCH3 is 3. The second-order valence-corrected chi connectivity index (χ2v) is 6.63. The van der Waals surface area contributed by atoms with E-state index in [2.05, 4.69) is 0 Å². The van der Waals surface area contributed by atoms with Crippen LogP contribution in [0.1, 0.15) is 34.6 Å². The van der Waals surface area contributed by atoms with E-state index in [9.17, 15) is 9.59 Å². The number of Topliss-reactive ketones (excluding diaryl/α,β-unsaturated/α-hetero) is 1. The fourth-order valence-corrected chi connectivity index (χ4v) is 2.75. The van der Waals surface area contributed by atoms with Gasteiger partial charge in [-0.15, -0.1) is 0 Å². The van der Waals surface area contributed by atoms with Crippen molar-refractivity contribution in [2.24, 2.45) is 0 Å². The molecule has 0 aliphatic heterocycles. The number of ether oxygens (including phenoxy) is 5. The molecule has 0 radical (unpaired) electrons. The summed E-state index contributed by atoms with van der Waals surface area (Å²) in [5, 5.41) is 0.205. The van der Waals surface area contributed by atoms with Gasteiger partial charge in [0.25, 0.3) is 0 Å². The van der Waals surface area contributed by atoms with Gasteiger partial charge in [-0.2, -0.15) is 0 Å². The number of esters is 1. The highest BCUT2D eigenvalue weighted by Crippen LogP contribution is 2.37. The largest absolute Gasteiger partial charge is 0.493 e. The lowest BCUT2D eigenvalue weighted by Crippen LogP contribution is -2.15. The highest BCUT2D eigenvalue weighted by Gasteiger charge is 2.19. The van der Waals surface area contributed by atoms with Crippen LogP contribution in [-0.4, -0.2) is 45.8 Å². The fourth-order valence-electron chi connectivity index (χ4n) is 2.50. The third-order valence-corrected chi connectivity index (χ3v) is 4.14. The molecule has 0 bridgehead atoms. The molecule has 0 atom stereocenters. The van der Waals surface area contributed by atoms with Crippen molar-refractivity contribution in [3.05, 3.63) is 46.5 Å². The molecular formula is C21H23ClO7. The summed E-state index contributed by atoms with van der Waals surface area (Å²) in [5.41, 5.74) is 0.467. The molecule has 2 aromatic carbocycles. The zero-order chi connectivity index (χ0) is 21.6. The van der Waals surface area contributed by atoms with Crippen LogP contribution >= 0.6 is 11.6 Å². The number of rotatable bonds is 9. The minimum Gasteiger partial charge on any atom is -0.493 e. The van der Waals surface area contributed by atoms with Crippen molar-refractivity contribution in [1.82, 2.24) is 0 Å². The van der Waals surface area contributed by atoms with Crippen molar-refractivity contribution in [2.45, 2.75) is 20.0 Å². The fraction of sp³-hybridized carbons (Fsp3) is 0.333. The summed E-state index contributed by atoms with van der Waals surface area (Å²) in [5.74, 6) is 0.423. The molecule has 0 aromatic heterocycles. The standard InChI is InChI=1S/C21H23ClO7/c1-12(2)29-20-15(22)8-14(10-19(20)27-5)21(24)28-11-16(23)13-6-7-17(25-3)18(9-13)26-4/h6-10,12H,11H2,1-5H3. The normalized spacial score (nSPS) is 10.4. The molecule has 0 unspecified atom stereocenters. The molecule has 0 spiro atoms. The van der Waals surface area contributed by atoms with Gasteiger partial charge < -0.3 is 23.7 Å². The lowest BCUT2D eigenvalue weighted by molar-refractivity contribution is 0.0474. The number of hydrogen-bond acceptors (Lipinski definition) is 7. The van der Waals surface area contributed by atoms with Crippen LogP contribution in [-0.2, 0) is 4.74 Å². The topological polar surface area (TPSA) is 80.3 Å². The zero-order valence-electron chi connectivity index (χ0n) is 16.9. The van der Waals surface area contributed by atoms with Crippen molar-refractivity contribution in [3.63, 3.8) is 0 Å². The second kappa shape index (κ2) is 10.0. The van der Waals surface area contributed by atoms with Gasteiger partial charge in [-0.1, -0.05) is 11.6 Å². The number of benzene rings is 2. The van der Waals surface area contributed by atoms with E-state index < -0.39 is 18.4 Å². The molecule has 7 nitrogen and oxygen atoms in total. The summed E-state index contributed by atoms with van der Waals surface area (Å²) in [6.45, 7) is 3.24. The van der Waals surface area contributed by atoms with Crippen LogP contribution < -0.4 is 18.9 Å². The molecule has 0 amide bonds. The molecule has 2 aromatic rings. The van der Waals surface area contributed by atoms with Crippen LogP contribution in [0.25, 0.3) is 0 Å². The van der Waals surface area contributed by atoms with Gasteiger partial charge in [-0.05, 0) is 44.2 Å². The molecule has 0 heterocycles. The van der Waals surface area contributed by atoms with E-state index in [4.69, 9.17) is 35.3 Å². The van der Waals surface area contributed by atoms with Crippen LogP contribution in [0.4, 0.5) is 0 Å². The maximum absolute atomic E-state index is 12.4. The average Bonchev–Trinajstić information content (AvgIpc) is 2.71.